The number of ketones is 2. The molecule has 2 aliphatic carbocycles. The van der Waals surface area contributed by atoms with Gasteiger partial charge in [-0.15, -0.1) is 23.5 Å². The van der Waals surface area contributed by atoms with E-state index in [9.17, 15) is 36.0 Å². The van der Waals surface area contributed by atoms with E-state index in [1.807, 2.05) is 122 Å². The maximum atomic E-state index is 13.1. The molecular weight excluding hydrogens is 837 g/mol. The van der Waals surface area contributed by atoms with Crippen molar-refractivity contribution < 1.29 is 36.0 Å². The monoisotopic (exact) mass is 898 g/mol. The van der Waals surface area contributed by atoms with Crippen molar-refractivity contribution in [3.63, 3.8) is 0 Å². The van der Waals surface area contributed by atoms with Gasteiger partial charge in [0.15, 0.2) is 11.6 Å². The van der Waals surface area contributed by atoms with Crippen LogP contribution < -0.4 is 9.44 Å². The van der Waals surface area contributed by atoms with Crippen LogP contribution in [-0.2, 0) is 39.2 Å². The van der Waals surface area contributed by atoms with Gasteiger partial charge in [0.1, 0.15) is 0 Å². The Hall–Kier alpha value is -3.98. The summed E-state index contributed by atoms with van der Waals surface area (Å²) in [4.78, 5) is 50.3. The Morgan fingerprint density at radius 3 is 1.20 bits per heavy atom. The van der Waals surface area contributed by atoms with E-state index in [1.165, 1.54) is 23.5 Å². The van der Waals surface area contributed by atoms with Gasteiger partial charge in [0.25, 0.3) is 0 Å². The van der Waals surface area contributed by atoms with Crippen LogP contribution in [0.15, 0.2) is 130 Å². The molecule has 2 aliphatic rings. The van der Waals surface area contributed by atoms with E-state index in [0.717, 1.165) is 46.0 Å². The largest absolute Gasteiger partial charge is 0.293 e. The molecule has 0 aromatic carbocycles. The number of nitrogens with one attached hydrogen (secondary N) is 2. The number of Topliss-reactive ketones (excluding diaryl/α,β-unsaturated/α-hetero) is 2. The molecule has 0 heterocycles. The number of carbonyl (C=O) groups excluding carboxylic acids is 4. The molecule has 0 aromatic rings. The second-order valence-electron chi connectivity index (χ2n) is 16.6. The minimum absolute atomic E-state index is 0.0409. The van der Waals surface area contributed by atoms with E-state index in [4.69, 9.17) is 0 Å². The molecule has 2 rings (SSSR count). The smallest absolute Gasteiger partial charge is 0.243 e. The minimum atomic E-state index is -3.64. The molecule has 0 saturated heterocycles. The first-order chi connectivity index (χ1) is 27.6. The summed E-state index contributed by atoms with van der Waals surface area (Å²) in [5.41, 5.74) is 6.73. The highest BCUT2D eigenvalue weighted by atomic mass is 32.2. The van der Waals surface area contributed by atoms with Crippen LogP contribution in [0.5, 0.6) is 0 Å². The van der Waals surface area contributed by atoms with Crippen LogP contribution in [0.2, 0.25) is 0 Å². The first kappa shape index (κ1) is 52.2. The molecule has 0 aromatic heterocycles. The lowest BCUT2D eigenvalue weighted by Gasteiger charge is -2.36. The SMILES string of the molecule is CC1=C(/C=C/C(C)=C/C=C/C(C)=C/C=C/C=C(C)/C=C/C=C(C)/C=C/C2=C(C)C(=O)C(SCC(=O)NS(C)(=O)=O)CC2(C)C)C(C)(C)CC(SCC(=O)NS(C)(=O)=O)C1=O. The van der Waals surface area contributed by atoms with Gasteiger partial charge in [0, 0.05) is 0 Å². The van der Waals surface area contributed by atoms with Crippen molar-refractivity contribution in [2.24, 2.45) is 10.8 Å². The topological polar surface area (TPSA) is 161 Å². The van der Waals surface area contributed by atoms with E-state index >= 15 is 0 Å². The van der Waals surface area contributed by atoms with Crippen molar-refractivity contribution in [3.05, 3.63) is 130 Å². The third kappa shape index (κ3) is 18.3. The van der Waals surface area contributed by atoms with Crippen LogP contribution in [-0.4, -0.2) is 74.7 Å². The lowest BCUT2D eigenvalue weighted by Crippen LogP contribution is -2.36. The number of sulfonamides is 2. The normalized spacial score (nSPS) is 21.5. The first-order valence-electron chi connectivity index (χ1n) is 19.5. The first-order valence-corrected chi connectivity index (χ1v) is 25.3. The van der Waals surface area contributed by atoms with Gasteiger partial charge >= 0.3 is 0 Å². The Morgan fingerprint density at radius 1 is 0.583 bits per heavy atom. The Morgan fingerprint density at radius 2 is 0.883 bits per heavy atom. The Balaban J connectivity index is 1.97. The molecule has 0 saturated carbocycles. The fourth-order valence-corrected chi connectivity index (χ4v) is 10.4. The Labute approximate surface area is 367 Å². The predicted octanol–water partition coefficient (Wildman–Crippen LogP) is 8.54. The van der Waals surface area contributed by atoms with Crippen molar-refractivity contribution in [1.29, 1.82) is 0 Å². The average molecular weight is 899 g/mol. The average Bonchev–Trinajstić information content (AvgIpc) is 3.10. The standard InChI is InChI=1S/C46H62N2O8S4/c1-31(19-15-21-33(3)23-25-37-35(5)43(51)39(27-45(37,7)8)57-29-41(49)47-59(11,53)54)17-13-14-18-32(2)20-16-22-34(4)24-26-38-36(6)44(52)40(28-46(38,9)10)58-30-42(50)48-60(12,55)56/h13-26,39-40H,27-30H2,1-12H3,(H,47,49)(H,48,50)/b14-13+,19-15+,20-16+,25-23+,26-24+,31-17+,32-18+,33-21+,34-22+. The molecule has 14 heteroatoms. The quantitative estimate of drug-likeness (QED) is 0.128. The van der Waals surface area contributed by atoms with Gasteiger partial charge in [-0.2, -0.15) is 0 Å². The van der Waals surface area contributed by atoms with E-state index in [2.05, 4.69) is 27.7 Å². The highest BCUT2D eigenvalue weighted by molar-refractivity contribution is 8.01. The van der Waals surface area contributed by atoms with Gasteiger partial charge in [0.2, 0.25) is 31.9 Å². The van der Waals surface area contributed by atoms with Crippen molar-refractivity contribution in [3.8, 4) is 0 Å². The van der Waals surface area contributed by atoms with Crippen LogP contribution in [0, 0.1) is 10.8 Å². The number of rotatable bonds is 18. The summed E-state index contributed by atoms with van der Waals surface area (Å²) in [7, 11) is -7.29. The summed E-state index contributed by atoms with van der Waals surface area (Å²) in [5.74, 6) is -1.57. The molecule has 0 radical (unpaired) electrons. The molecule has 328 valence electrons. The van der Waals surface area contributed by atoms with Crippen molar-refractivity contribution in [2.45, 2.75) is 92.6 Å². The zero-order valence-electron chi connectivity index (χ0n) is 37.0. The number of allylic oxidation sites excluding steroid dienone is 22. The summed E-state index contributed by atoms with van der Waals surface area (Å²) in [5, 5.41) is -0.849. The minimum Gasteiger partial charge on any atom is -0.293 e. The Kier molecular flexibility index (Phi) is 19.8. The maximum absolute atomic E-state index is 13.1. The number of hydrogen-bond donors (Lipinski definition) is 2. The zero-order valence-corrected chi connectivity index (χ0v) is 40.2. The molecular formula is C46H62N2O8S4. The van der Waals surface area contributed by atoms with Crippen LogP contribution >= 0.6 is 23.5 Å². The van der Waals surface area contributed by atoms with Crippen LogP contribution in [0.4, 0.5) is 0 Å². The predicted molar refractivity (Wildman–Crippen MR) is 251 cm³/mol. The number of carbonyl (C=O) groups is 4. The van der Waals surface area contributed by atoms with Crippen LogP contribution in [0.1, 0.15) is 82.1 Å². The molecule has 60 heavy (non-hydrogen) atoms. The number of thioether (sulfide) groups is 2. The van der Waals surface area contributed by atoms with E-state index in [-0.39, 0.29) is 33.9 Å². The second-order valence-corrected chi connectivity index (χ2v) is 22.5. The number of hydrogen-bond acceptors (Lipinski definition) is 10. The van der Waals surface area contributed by atoms with E-state index < -0.39 is 42.4 Å². The van der Waals surface area contributed by atoms with E-state index in [0.29, 0.717) is 24.0 Å². The van der Waals surface area contributed by atoms with E-state index in [1.54, 1.807) is 13.8 Å². The second kappa shape index (κ2) is 22.7. The summed E-state index contributed by atoms with van der Waals surface area (Å²) in [6.45, 7) is 19.9. The third-order valence-corrected chi connectivity index (χ3v) is 13.3. The third-order valence-electron chi connectivity index (χ3n) is 9.70. The van der Waals surface area contributed by atoms with Gasteiger partial charge in [0.05, 0.1) is 34.5 Å². The summed E-state index contributed by atoms with van der Waals surface area (Å²) >= 11 is 2.34. The van der Waals surface area contributed by atoms with Crippen LogP contribution in [0.25, 0.3) is 0 Å². The molecule has 0 aliphatic heterocycles. The van der Waals surface area contributed by atoms with Crippen LogP contribution in [0.3, 0.4) is 0 Å². The van der Waals surface area contributed by atoms with Crippen molar-refractivity contribution in [1.82, 2.24) is 9.44 Å². The molecule has 10 nitrogen and oxygen atoms in total. The van der Waals surface area contributed by atoms with Gasteiger partial charge in [-0.25, -0.2) is 16.8 Å². The van der Waals surface area contributed by atoms with Gasteiger partial charge in [-0.1, -0.05) is 135 Å². The molecule has 0 spiro atoms. The molecule has 2 amide bonds. The summed E-state index contributed by atoms with van der Waals surface area (Å²) < 4.78 is 49.2. The van der Waals surface area contributed by atoms with Gasteiger partial charge in [-0.3, -0.25) is 28.6 Å². The lowest BCUT2D eigenvalue weighted by atomic mass is 9.72. The van der Waals surface area contributed by atoms with Crippen molar-refractivity contribution >= 4 is 67.0 Å². The fraction of sp³-hybridized carbons (Fsp3) is 0.435. The fourth-order valence-electron chi connectivity index (χ4n) is 6.66. The molecule has 2 atom stereocenters. The molecule has 0 fully saturated rings. The summed E-state index contributed by atoms with van der Waals surface area (Å²) in [6, 6.07) is 0. The molecule has 2 N–H and O–H groups in total. The summed E-state index contributed by atoms with van der Waals surface area (Å²) in [6.07, 6.45) is 30.9. The zero-order chi connectivity index (χ0) is 45.6. The molecule has 0 bridgehead atoms. The van der Waals surface area contributed by atoms with Gasteiger partial charge in [-0.05, 0) is 87.5 Å². The lowest BCUT2D eigenvalue weighted by molar-refractivity contribution is -0.118. The Bertz CT molecular complexity index is 2100. The highest BCUT2D eigenvalue weighted by Crippen LogP contribution is 2.44. The van der Waals surface area contributed by atoms with Crippen molar-refractivity contribution in [2.75, 3.05) is 24.0 Å². The molecule has 2 unspecified atom stereocenters. The highest BCUT2D eigenvalue weighted by Gasteiger charge is 2.39. The van der Waals surface area contributed by atoms with Gasteiger partial charge < -0.3 is 0 Å². The maximum Gasteiger partial charge on any atom is 0.243 e. The number of amides is 2.